The van der Waals surface area contributed by atoms with E-state index in [0.717, 1.165) is 24.3 Å². The molecule has 1 aromatic heterocycles. The van der Waals surface area contributed by atoms with Crippen LogP contribution in [-0.2, 0) is 22.5 Å². The highest BCUT2D eigenvalue weighted by Gasteiger charge is 2.32. The van der Waals surface area contributed by atoms with Gasteiger partial charge in [-0.3, -0.25) is 14.5 Å². The zero-order valence-corrected chi connectivity index (χ0v) is 23.3. The van der Waals surface area contributed by atoms with Gasteiger partial charge in [0.1, 0.15) is 11.6 Å². The van der Waals surface area contributed by atoms with E-state index < -0.39 is 11.9 Å². The normalized spacial score (nSPS) is 18.7. The Morgan fingerprint density at radius 2 is 1.86 bits per heavy atom. The number of aromatic nitrogens is 1. The lowest BCUT2D eigenvalue weighted by Crippen LogP contribution is -2.47. The monoisotopic (exact) mass is 577 g/mol. The van der Waals surface area contributed by atoms with Crippen LogP contribution in [0.4, 0.5) is 20.2 Å². The van der Waals surface area contributed by atoms with Crippen molar-refractivity contribution in [2.75, 3.05) is 56.6 Å². The number of benzene rings is 2. The molecule has 3 aliphatic rings. The van der Waals surface area contributed by atoms with Crippen LogP contribution in [-0.4, -0.2) is 83.7 Å². The number of aromatic amines is 1. The van der Waals surface area contributed by atoms with Crippen molar-refractivity contribution in [1.82, 2.24) is 14.8 Å². The van der Waals surface area contributed by atoms with Gasteiger partial charge in [0.2, 0.25) is 0 Å². The number of hydrogen-bond acceptors (Lipinski definition) is 6. The van der Waals surface area contributed by atoms with Crippen molar-refractivity contribution in [1.29, 1.82) is 0 Å². The van der Waals surface area contributed by atoms with Crippen molar-refractivity contribution in [3.05, 3.63) is 81.7 Å². The molecular formula is C31H33F2N5O4. The number of β-amino-alcohol motifs (C(OH)–C–C–N with tert-alkyl or cyclic N) is 1. The molecule has 3 aromatic rings. The molecule has 1 atom stereocenters. The summed E-state index contributed by atoms with van der Waals surface area (Å²) < 4.78 is 33.6. The van der Waals surface area contributed by atoms with E-state index in [-0.39, 0.29) is 36.4 Å². The quantitative estimate of drug-likeness (QED) is 0.306. The molecule has 2 aromatic carbocycles. The molecule has 3 aliphatic heterocycles. The molecule has 0 bridgehead atoms. The Hall–Kier alpha value is -4.06. The third-order valence-electron chi connectivity index (χ3n) is 8.08. The van der Waals surface area contributed by atoms with E-state index in [1.54, 1.807) is 29.2 Å². The third-order valence-corrected chi connectivity index (χ3v) is 8.08. The third kappa shape index (κ3) is 5.67. The minimum Gasteiger partial charge on any atom is -0.390 e. The van der Waals surface area contributed by atoms with Gasteiger partial charge in [-0.15, -0.1) is 0 Å². The predicted octanol–water partition coefficient (Wildman–Crippen LogP) is 3.40. The number of amides is 2. The van der Waals surface area contributed by atoms with Crippen molar-refractivity contribution in [2.45, 2.75) is 26.0 Å². The van der Waals surface area contributed by atoms with Crippen LogP contribution in [0.2, 0.25) is 0 Å². The van der Waals surface area contributed by atoms with Gasteiger partial charge < -0.3 is 30.4 Å². The molecule has 4 heterocycles. The molecule has 4 N–H and O–H groups in total. The maximum absolute atomic E-state index is 15.1. The molecule has 0 unspecified atom stereocenters. The molecule has 11 heteroatoms. The highest BCUT2D eigenvalue weighted by Crippen LogP contribution is 2.37. The number of nitrogens with one attached hydrogen (secondary N) is 3. The van der Waals surface area contributed by atoms with Gasteiger partial charge in [0.25, 0.3) is 11.8 Å². The number of morpholine rings is 1. The number of H-pyrrole nitrogens is 1. The molecular weight excluding hydrogens is 544 g/mol. The van der Waals surface area contributed by atoms with Crippen LogP contribution in [0, 0.1) is 18.6 Å². The second kappa shape index (κ2) is 11.7. The van der Waals surface area contributed by atoms with Crippen molar-refractivity contribution in [2.24, 2.45) is 0 Å². The summed E-state index contributed by atoms with van der Waals surface area (Å²) in [6.45, 7) is 6.12. The van der Waals surface area contributed by atoms with Crippen LogP contribution in [0.15, 0.2) is 36.4 Å². The number of anilines is 2. The molecule has 42 heavy (non-hydrogen) atoms. The Balaban J connectivity index is 1.18. The fraction of sp³-hybridized carbons (Fsp3) is 0.355. The summed E-state index contributed by atoms with van der Waals surface area (Å²) in [4.78, 5) is 33.5. The number of nitrogens with zero attached hydrogens (tertiary/aromatic N) is 2. The first-order valence-corrected chi connectivity index (χ1v) is 14.1. The molecule has 1 saturated heterocycles. The topological polar surface area (TPSA) is 110 Å². The van der Waals surface area contributed by atoms with Crippen molar-refractivity contribution >= 4 is 34.8 Å². The number of rotatable bonds is 8. The summed E-state index contributed by atoms with van der Waals surface area (Å²) in [5, 5.41) is 16.5. The van der Waals surface area contributed by atoms with E-state index in [4.69, 9.17) is 4.74 Å². The smallest absolute Gasteiger partial charge is 0.256 e. The van der Waals surface area contributed by atoms with Crippen LogP contribution in [0.25, 0.3) is 11.6 Å². The minimum absolute atomic E-state index is 0.158. The van der Waals surface area contributed by atoms with Gasteiger partial charge in [-0.25, -0.2) is 8.78 Å². The summed E-state index contributed by atoms with van der Waals surface area (Å²) in [6, 6.07) is 8.78. The zero-order valence-electron chi connectivity index (χ0n) is 23.3. The van der Waals surface area contributed by atoms with E-state index in [0.29, 0.717) is 66.4 Å². The Bertz CT molecular complexity index is 1550. The first-order chi connectivity index (χ1) is 20.3. The minimum atomic E-state index is -0.668. The summed E-state index contributed by atoms with van der Waals surface area (Å²) in [6.07, 6.45) is 1.58. The predicted molar refractivity (Wildman–Crippen MR) is 155 cm³/mol. The SMILES string of the molecule is Cc1c(/C=C2\C(=O)Nc3cc(NCc4ccc(F)cc4)c(F)cc32)[nH]c2c1C(=O)N(C[C@H](O)CN1CCOCC1)CC2. The fourth-order valence-electron chi connectivity index (χ4n) is 5.81. The van der Waals surface area contributed by atoms with Gasteiger partial charge in [-0.05, 0) is 48.4 Å². The van der Waals surface area contributed by atoms with E-state index in [9.17, 15) is 19.1 Å². The molecule has 2 amide bonds. The lowest BCUT2D eigenvalue weighted by atomic mass is 10.0. The molecule has 220 valence electrons. The first-order valence-electron chi connectivity index (χ1n) is 14.1. The Labute approximate surface area is 242 Å². The highest BCUT2D eigenvalue weighted by molar-refractivity contribution is 6.35. The van der Waals surface area contributed by atoms with Crippen molar-refractivity contribution < 1.29 is 28.2 Å². The van der Waals surface area contributed by atoms with Crippen LogP contribution < -0.4 is 10.6 Å². The average molecular weight is 578 g/mol. The lowest BCUT2D eigenvalue weighted by molar-refractivity contribution is -0.110. The molecule has 6 rings (SSSR count). The number of fused-ring (bicyclic) bond motifs is 2. The second-order valence-electron chi connectivity index (χ2n) is 11.0. The van der Waals surface area contributed by atoms with E-state index in [1.165, 1.54) is 18.2 Å². The Morgan fingerprint density at radius 1 is 1.10 bits per heavy atom. The number of aliphatic hydroxyl groups is 1. The first kappa shape index (κ1) is 28.1. The maximum Gasteiger partial charge on any atom is 0.256 e. The number of carbonyl (C=O) groups is 2. The number of ether oxygens (including phenoxy) is 1. The molecule has 0 spiro atoms. The number of carbonyl (C=O) groups excluding carboxylic acids is 2. The van der Waals surface area contributed by atoms with Crippen LogP contribution in [0.5, 0.6) is 0 Å². The molecule has 0 aliphatic carbocycles. The van der Waals surface area contributed by atoms with Crippen LogP contribution in [0.3, 0.4) is 0 Å². The number of halogens is 2. The van der Waals surface area contributed by atoms with Gasteiger partial charge in [0.05, 0.1) is 41.8 Å². The number of hydrogen-bond donors (Lipinski definition) is 4. The Morgan fingerprint density at radius 3 is 2.62 bits per heavy atom. The van der Waals surface area contributed by atoms with E-state index in [2.05, 4.69) is 20.5 Å². The largest absolute Gasteiger partial charge is 0.390 e. The van der Waals surface area contributed by atoms with Gasteiger partial charge >= 0.3 is 0 Å². The summed E-state index contributed by atoms with van der Waals surface area (Å²) in [5.74, 6) is -1.40. The zero-order chi connectivity index (χ0) is 29.4. The van der Waals surface area contributed by atoms with Gasteiger partial charge in [0.15, 0.2) is 0 Å². The molecule has 0 radical (unpaired) electrons. The highest BCUT2D eigenvalue weighted by atomic mass is 19.1. The standard InChI is InChI=1S/C31H33F2N5O4/c1-18-26(35-25-6-7-38(31(41)29(18)25)17-21(39)16-37-8-10-42-11-9-37)13-23-22-12-24(33)28(14-27(22)36-30(23)40)34-15-19-2-4-20(32)5-3-19/h2-5,12-14,21,34-35,39H,6-11,15-17H2,1H3,(H,36,40)/b23-13-/t21-/m1/s1. The van der Waals surface area contributed by atoms with Crippen LogP contribution in [0.1, 0.15) is 38.4 Å². The Kier molecular flexibility index (Phi) is 7.80. The van der Waals surface area contributed by atoms with E-state index in [1.807, 2.05) is 6.92 Å². The number of aliphatic hydroxyl groups excluding tert-OH is 1. The van der Waals surface area contributed by atoms with Gasteiger partial charge in [-0.1, -0.05) is 12.1 Å². The van der Waals surface area contributed by atoms with Crippen molar-refractivity contribution in [3.63, 3.8) is 0 Å². The maximum atomic E-state index is 15.1. The molecule has 1 fully saturated rings. The lowest BCUT2D eigenvalue weighted by Gasteiger charge is -2.32. The second-order valence-corrected chi connectivity index (χ2v) is 11.0. The van der Waals surface area contributed by atoms with Gasteiger partial charge in [0, 0.05) is 62.6 Å². The summed E-state index contributed by atoms with van der Waals surface area (Å²) >= 11 is 0. The van der Waals surface area contributed by atoms with Crippen molar-refractivity contribution in [3.8, 4) is 0 Å². The average Bonchev–Trinajstić information content (AvgIpc) is 3.45. The molecule has 9 nitrogen and oxygen atoms in total. The van der Waals surface area contributed by atoms with E-state index >= 15 is 4.39 Å². The molecule has 0 saturated carbocycles. The summed E-state index contributed by atoms with van der Waals surface area (Å²) in [5.41, 5.74) is 4.84. The summed E-state index contributed by atoms with van der Waals surface area (Å²) in [7, 11) is 0. The fourth-order valence-corrected chi connectivity index (χ4v) is 5.81. The van der Waals surface area contributed by atoms with Gasteiger partial charge in [-0.2, -0.15) is 0 Å². The van der Waals surface area contributed by atoms with Crippen LogP contribution >= 0.6 is 0 Å².